The molecule has 0 unspecified atom stereocenters. The smallest absolute Gasteiger partial charge is 0.303 e. The molecule has 0 fully saturated rings. The Morgan fingerprint density at radius 1 is 1.06 bits per heavy atom. The second kappa shape index (κ2) is 6.51. The van der Waals surface area contributed by atoms with Gasteiger partial charge < -0.3 is 9.84 Å². The van der Waals surface area contributed by atoms with Gasteiger partial charge in [0.1, 0.15) is 5.60 Å². The molecule has 0 aliphatic carbocycles. The monoisotopic (exact) mass is 232 g/mol. The first-order valence-corrected chi connectivity index (χ1v) is 5.25. The lowest BCUT2D eigenvalue weighted by Crippen LogP contribution is -2.21. The summed E-state index contributed by atoms with van der Waals surface area (Å²) in [6.45, 7) is 12.6. The average molecular weight is 232 g/mol. The molecular weight excluding hydrogens is 208 g/mol. The van der Waals surface area contributed by atoms with Gasteiger partial charge in [0.25, 0.3) is 0 Å². The predicted molar refractivity (Wildman–Crippen MR) is 63.2 cm³/mol. The van der Waals surface area contributed by atoms with E-state index in [1.807, 2.05) is 41.5 Å². The third-order valence-electron chi connectivity index (χ3n) is 1.13. The van der Waals surface area contributed by atoms with E-state index in [0.29, 0.717) is 0 Å². The van der Waals surface area contributed by atoms with Gasteiger partial charge in [0, 0.05) is 6.92 Å². The van der Waals surface area contributed by atoms with Crippen LogP contribution in [0.25, 0.3) is 0 Å². The normalized spacial score (nSPS) is 11.2. The lowest BCUT2D eigenvalue weighted by Gasteiger charge is -2.17. The second-order valence-corrected chi connectivity index (χ2v) is 5.84. The van der Waals surface area contributed by atoms with Crippen LogP contribution in [0.3, 0.4) is 0 Å². The Morgan fingerprint density at radius 3 is 1.44 bits per heavy atom. The Balaban J connectivity index is 0. The number of hydrogen-bond acceptors (Lipinski definition) is 3. The van der Waals surface area contributed by atoms with E-state index in [2.05, 4.69) is 0 Å². The van der Waals surface area contributed by atoms with Crippen molar-refractivity contribution in [3.8, 4) is 0 Å². The largest absolute Gasteiger partial charge is 0.481 e. The Morgan fingerprint density at radius 2 is 1.44 bits per heavy atom. The van der Waals surface area contributed by atoms with Crippen molar-refractivity contribution in [2.24, 2.45) is 5.41 Å². The van der Waals surface area contributed by atoms with Crippen molar-refractivity contribution in [3.05, 3.63) is 0 Å². The molecule has 0 heterocycles. The number of rotatable bonds is 1. The zero-order chi connectivity index (χ0) is 13.6. The molecule has 0 aliphatic rings. The number of carboxylic acids is 1. The third kappa shape index (κ3) is 23.1. The first-order valence-electron chi connectivity index (χ1n) is 5.25. The minimum atomic E-state index is -0.725. The summed E-state index contributed by atoms with van der Waals surface area (Å²) < 4.78 is 4.80. The van der Waals surface area contributed by atoms with E-state index in [0.717, 1.165) is 0 Å². The molecule has 0 spiro atoms. The lowest BCUT2D eigenvalue weighted by atomic mass is 9.93. The van der Waals surface area contributed by atoms with Crippen molar-refractivity contribution in [1.82, 2.24) is 0 Å². The quantitative estimate of drug-likeness (QED) is 0.706. The van der Waals surface area contributed by atoms with Crippen LogP contribution in [0.15, 0.2) is 0 Å². The van der Waals surface area contributed by atoms with Gasteiger partial charge in [-0.25, -0.2) is 0 Å². The molecule has 0 aromatic carbocycles. The number of carboxylic acid groups (broad SMARTS) is 1. The third-order valence-corrected chi connectivity index (χ3v) is 1.13. The highest BCUT2D eigenvalue weighted by atomic mass is 16.6. The van der Waals surface area contributed by atoms with Crippen molar-refractivity contribution in [1.29, 1.82) is 0 Å². The maximum absolute atomic E-state index is 10.2. The Labute approximate surface area is 98.0 Å². The van der Waals surface area contributed by atoms with Crippen molar-refractivity contribution >= 4 is 11.9 Å². The van der Waals surface area contributed by atoms with Crippen LogP contribution in [0.1, 0.15) is 54.9 Å². The van der Waals surface area contributed by atoms with Crippen molar-refractivity contribution < 1.29 is 19.4 Å². The van der Waals surface area contributed by atoms with Gasteiger partial charge in [-0.15, -0.1) is 0 Å². The Bertz CT molecular complexity index is 204. The molecule has 0 saturated heterocycles. The summed E-state index contributed by atoms with van der Waals surface area (Å²) in [6, 6.07) is 0. The van der Waals surface area contributed by atoms with Gasteiger partial charge in [-0.05, 0) is 26.2 Å². The van der Waals surface area contributed by atoms with Gasteiger partial charge in [-0.1, -0.05) is 20.8 Å². The van der Waals surface area contributed by atoms with Crippen LogP contribution in [0, 0.1) is 5.41 Å². The summed E-state index contributed by atoms with van der Waals surface area (Å²) in [5, 5.41) is 8.25. The van der Waals surface area contributed by atoms with Crippen LogP contribution >= 0.6 is 0 Å². The Hall–Kier alpha value is -1.06. The number of ether oxygens (including phenoxy) is 1. The van der Waals surface area contributed by atoms with Crippen LogP contribution in [0.4, 0.5) is 0 Å². The second-order valence-electron chi connectivity index (χ2n) is 5.84. The fourth-order valence-corrected chi connectivity index (χ4v) is 0.885. The molecule has 0 saturated carbocycles. The van der Waals surface area contributed by atoms with E-state index >= 15 is 0 Å². The van der Waals surface area contributed by atoms with Crippen LogP contribution in [-0.2, 0) is 14.3 Å². The van der Waals surface area contributed by atoms with Gasteiger partial charge in [-0.2, -0.15) is 0 Å². The van der Waals surface area contributed by atoms with E-state index in [4.69, 9.17) is 9.84 Å². The van der Waals surface area contributed by atoms with Gasteiger partial charge in [-0.3, -0.25) is 9.59 Å². The molecule has 0 rings (SSSR count). The highest BCUT2D eigenvalue weighted by Gasteiger charge is 2.14. The van der Waals surface area contributed by atoms with Gasteiger partial charge in [0.05, 0.1) is 6.42 Å². The maximum Gasteiger partial charge on any atom is 0.303 e. The molecule has 4 nitrogen and oxygen atoms in total. The molecule has 0 radical (unpaired) electrons. The van der Waals surface area contributed by atoms with Gasteiger partial charge >= 0.3 is 11.9 Å². The first kappa shape index (κ1) is 17.3. The van der Waals surface area contributed by atoms with Crippen LogP contribution in [0.5, 0.6) is 0 Å². The number of aliphatic carboxylic acids is 1. The molecule has 1 N–H and O–H groups in total. The fraction of sp³-hybridized carbons (Fsp3) is 0.833. The van der Waals surface area contributed by atoms with Crippen LogP contribution in [-0.4, -0.2) is 22.6 Å². The Kier molecular flexibility index (Phi) is 7.05. The minimum absolute atomic E-state index is 0.0775. The number of carbonyl (C=O) groups excluding carboxylic acids is 1. The lowest BCUT2D eigenvalue weighted by molar-refractivity contribution is -0.152. The zero-order valence-corrected chi connectivity index (χ0v) is 11.4. The molecule has 0 bridgehead atoms. The molecule has 0 amide bonds. The molecule has 0 aromatic heterocycles. The standard InChI is InChI=1S/2C6H12O2/c1-6(2,3)4-5(7)8;1-5(7)8-6(2,3)4/h4H2,1-3H3,(H,7,8);1-4H3. The summed E-state index contributed by atoms with van der Waals surface area (Å²) in [6.07, 6.45) is 0.243. The highest BCUT2D eigenvalue weighted by molar-refractivity contribution is 5.67. The van der Waals surface area contributed by atoms with Gasteiger partial charge in [0.2, 0.25) is 0 Å². The maximum atomic E-state index is 10.2. The molecular formula is C12H24O4. The molecule has 96 valence electrons. The van der Waals surface area contributed by atoms with E-state index in [-0.39, 0.29) is 23.4 Å². The van der Waals surface area contributed by atoms with Crippen molar-refractivity contribution in [3.63, 3.8) is 0 Å². The fourth-order valence-electron chi connectivity index (χ4n) is 0.885. The van der Waals surface area contributed by atoms with Crippen molar-refractivity contribution in [2.75, 3.05) is 0 Å². The number of esters is 1. The summed E-state index contributed by atoms with van der Waals surface area (Å²) in [7, 11) is 0. The minimum Gasteiger partial charge on any atom is -0.481 e. The molecule has 16 heavy (non-hydrogen) atoms. The van der Waals surface area contributed by atoms with Crippen LogP contribution < -0.4 is 0 Å². The van der Waals surface area contributed by atoms with Crippen LogP contribution in [0.2, 0.25) is 0 Å². The first-order chi connectivity index (χ1) is 6.83. The summed E-state index contributed by atoms with van der Waals surface area (Å²) in [5.41, 5.74) is -0.405. The predicted octanol–water partition coefficient (Wildman–Crippen LogP) is 2.86. The molecule has 0 aliphatic heterocycles. The highest BCUT2D eigenvalue weighted by Crippen LogP contribution is 2.17. The van der Waals surface area contributed by atoms with E-state index in [9.17, 15) is 9.59 Å². The SMILES string of the molecule is CC(=O)OC(C)(C)C.CC(C)(C)CC(=O)O. The van der Waals surface area contributed by atoms with E-state index in [1.165, 1.54) is 6.92 Å². The zero-order valence-electron chi connectivity index (χ0n) is 11.4. The van der Waals surface area contributed by atoms with E-state index < -0.39 is 5.97 Å². The van der Waals surface area contributed by atoms with E-state index in [1.54, 1.807) is 0 Å². The summed E-state index contributed by atoms with van der Waals surface area (Å²) in [4.78, 5) is 20.3. The average Bonchev–Trinajstić information content (AvgIpc) is 1.72. The van der Waals surface area contributed by atoms with Crippen molar-refractivity contribution in [2.45, 2.75) is 60.5 Å². The summed E-state index contributed by atoms with van der Waals surface area (Å²) >= 11 is 0. The molecule has 0 aromatic rings. The number of hydrogen-bond donors (Lipinski definition) is 1. The van der Waals surface area contributed by atoms with Gasteiger partial charge in [0.15, 0.2) is 0 Å². The molecule has 4 heteroatoms. The molecule has 0 atom stereocenters. The summed E-state index contributed by atoms with van der Waals surface area (Å²) in [5.74, 6) is -0.949. The topological polar surface area (TPSA) is 63.6 Å². The number of carbonyl (C=O) groups is 2.